The van der Waals surface area contributed by atoms with Crippen molar-refractivity contribution in [2.45, 2.75) is 18.6 Å². The largest absolute Gasteiger partial charge is 0.466 e. The molecule has 0 bridgehead atoms. The number of nitrogens with one attached hydrogen (secondary N) is 1. The van der Waals surface area contributed by atoms with Crippen LogP contribution in [-0.4, -0.2) is 28.5 Å². The zero-order valence-electron chi connectivity index (χ0n) is 12.3. The Morgan fingerprint density at radius 1 is 1.30 bits per heavy atom. The highest BCUT2D eigenvalue weighted by Crippen LogP contribution is 2.30. The summed E-state index contributed by atoms with van der Waals surface area (Å²) in [6, 6.07) is 8.20. The fourth-order valence-electron chi connectivity index (χ4n) is 2.61. The molecule has 6 nitrogen and oxygen atoms in total. The fourth-order valence-corrected chi connectivity index (χ4v) is 2.61. The summed E-state index contributed by atoms with van der Waals surface area (Å²) < 4.78 is 18.9. The third-order valence-corrected chi connectivity index (χ3v) is 3.91. The molecule has 0 unspecified atom stereocenters. The second-order valence-electron chi connectivity index (χ2n) is 5.49. The SMILES string of the molecule is C[C@]1(c2ccco2)NC(=O)N(C[C@@H](O)c2ccccc2F)C1=O. The molecule has 1 aromatic heterocycles. The molecule has 1 aromatic carbocycles. The number of benzene rings is 1. The van der Waals surface area contributed by atoms with E-state index in [0.29, 0.717) is 5.76 Å². The van der Waals surface area contributed by atoms with Gasteiger partial charge in [-0.15, -0.1) is 0 Å². The van der Waals surface area contributed by atoms with Crippen LogP contribution in [0.5, 0.6) is 0 Å². The molecule has 2 heterocycles. The van der Waals surface area contributed by atoms with E-state index in [1.54, 1.807) is 18.2 Å². The fraction of sp³-hybridized carbons (Fsp3) is 0.250. The Morgan fingerprint density at radius 2 is 2.04 bits per heavy atom. The number of hydrogen-bond donors (Lipinski definition) is 2. The molecule has 23 heavy (non-hydrogen) atoms. The van der Waals surface area contributed by atoms with Crippen LogP contribution in [0.4, 0.5) is 9.18 Å². The van der Waals surface area contributed by atoms with Crippen LogP contribution in [0.1, 0.15) is 24.4 Å². The first-order valence-corrected chi connectivity index (χ1v) is 7.04. The molecule has 120 valence electrons. The van der Waals surface area contributed by atoms with Crippen molar-refractivity contribution in [2.24, 2.45) is 0 Å². The summed E-state index contributed by atoms with van der Waals surface area (Å²) >= 11 is 0. The number of aliphatic hydroxyl groups excluding tert-OH is 1. The van der Waals surface area contributed by atoms with E-state index >= 15 is 0 Å². The van der Waals surface area contributed by atoms with Crippen LogP contribution in [-0.2, 0) is 10.3 Å². The minimum atomic E-state index is -1.34. The molecule has 2 aromatic rings. The van der Waals surface area contributed by atoms with Gasteiger partial charge in [-0.3, -0.25) is 9.69 Å². The van der Waals surface area contributed by atoms with Crippen molar-refractivity contribution in [3.05, 3.63) is 59.8 Å². The van der Waals surface area contributed by atoms with Gasteiger partial charge in [-0.1, -0.05) is 18.2 Å². The number of imide groups is 1. The molecule has 1 saturated heterocycles. The number of hydrogen-bond acceptors (Lipinski definition) is 4. The van der Waals surface area contributed by atoms with Gasteiger partial charge in [0.25, 0.3) is 5.91 Å². The zero-order valence-corrected chi connectivity index (χ0v) is 12.3. The van der Waals surface area contributed by atoms with E-state index in [2.05, 4.69) is 5.32 Å². The molecule has 2 atom stereocenters. The molecule has 1 aliphatic heterocycles. The predicted octanol–water partition coefficient (Wildman–Crippen LogP) is 1.92. The smallest absolute Gasteiger partial charge is 0.325 e. The van der Waals surface area contributed by atoms with Gasteiger partial charge in [0.1, 0.15) is 11.6 Å². The van der Waals surface area contributed by atoms with Crippen molar-refractivity contribution in [3.63, 3.8) is 0 Å². The first-order chi connectivity index (χ1) is 10.9. The van der Waals surface area contributed by atoms with Crippen LogP contribution in [0.2, 0.25) is 0 Å². The Labute approximate surface area is 131 Å². The van der Waals surface area contributed by atoms with Crippen LogP contribution in [0, 0.1) is 5.82 Å². The summed E-state index contributed by atoms with van der Waals surface area (Å²) in [5.74, 6) is -0.868. The third kappa shape index (κ3) is 2.49. The van der Waals surface area contributed by atoms with Crippen LogP contribution in [0.15, 0.2) is 47.1 Å². The number of aliphatic hydroxyl groups is 1. The summed E-state index contributed by atoms with van der Waals surface area (Å²) in [7, 11) is 0. The van der Waals surface area contributed by atoms with Crippen molar-refractivity contribution in [2.75, 3.05) is 6.54 Å². The summed E-state index contributed by atoms with van der Waals surface area (Å²) in [5.41, 5.74) is -1.31. The van der Waals surface area contributed by atoms with Gasteiger partial charge in [-0.2, -0.15) is 0 Å². The van der Waals surface area contributed by atoms with Gasteiger partial charge in [-0.25, -0.2) is 9.18 Å². The van der Waals surface area contributed by atoms with Gasteiger partial charge in [0.15, 0.2) is 5.54 Å². The van der Waals surface area contributed by atoms with E-state index in [1.807, 2.05) is 0 Å². The number of halogens is 1. The van der Waals surface area contributed by atoms with Gasteiger partial charge in [0.05, 0.1) is 18.9 Å². The topological polar surface area (TPSA) is 82.8 Å². The normalized spacial score (nSPS) is 22.3. The number of urea groups is 1. The Balaban J connectivity index is 1.83. The second-order valence-corrected chi connectivity index (χ2v) is 5.49. The van der Waals surface area contributed by atoms with E-state index in [9.17, 15) is 19.1 Å². The van der Waals surface area contributed by atoms with E-state index in [1.165, 1.54) is 31.4 Å². The molecule has 0 spiro atoms. The van der Waals surface area contributed by atoms with Crippen molar-refractivity contribution in [1.82, 2.24) is 10.2 Å². The molecule has 0 aliphatic carbocycles. The van der Waals surface area contributed by atoms with E-state index in [4.69, 9.17) is 4.42 Å². The molecule has 1 aliphatic rings. The van der Waals surface area contributed by atoms with Crippen molar-refractivity contribution >= 4 is 11.9 Å². The lowest BCUT2D eigenvalue weighted by Crippen LogP contribution is -2.41. The predicted molar refractivity (Wildman–Crippen MR) is 77.7 cm³/mol. The molecular weight excluding hydrogens is 303 g/mol. The summed E-state index contributed by atoms with van der Waals surface area (Å²) in [6.45, 7) is 1.17. The number of β-amino-alcohol motifs (C(OH)–C–C–N with tert-alkyl or cyclic N) is 1. The average molecular weight is 318 g/mol. The van der Waals surface area contributed by atoms with E-state index in [0.717, 1.165) is 4.90 Å². The highest BCUT2D eigenvalue weighted by molar-refractivity contribution is 6.06. The van der Waals surface area contributed by atoms with E-state index < -0.39 is 29.4 Å². The maximum Gasteiger partial charge on any atom is 0.325 e. The highest BCUT2D eigenvalue weighted by Gasteiger charge is 2.51. The van der Waals surface area contributed by atoms with Crippen molar-refractivity contribution in [1.29, 1.82) is 0 Å². The Kier molecular flexibility index (Phi) is 3.65. The number of amides is 3. The molecule has 7 heteroatoms. The molecule has 0 radical (unpaired) electrons. The number of furan rings is 1. The molecule has 1 fully saturated rings. The summed E-state index contributed by atoms with van der Waals surface area (Å²) in [5, 5.41) is 12.7. The van der Waals surface area contributed by atoms with Gasteiger partial charge in [-0.05, 0) is 25.1 Å². The first kappa shape index (κ1) is 15.2. The third-order valence-electron chi connectivity index (χ3n) is 3.91. The zero-order chi connectivity index (χ0) is 16.6. The van der Waals surface area contributed by atoms with Gasteiger partial charge in [0.2, 0.25) is 0 Å². The minimum absolute atomic E-state index is 0.0275. The van der Waals surface area contributed by atoms with Gasteiger partial charge < -0.3 is 14.8 Å². The molecule has 3 amide bonds. The van der Waals surface area contributed by atoms with Crippen LogP contribution >= 0.6 is 0 Å². The lowest BCUT2D eigenvalue weighted by molar-refractivity contribution is -0.132. The molecular formula is C16H15FN2O4. The molecule has 3 rings (SSSR count). The quantitative estimate of drug-likeness (QED) is 0.844. The van der Waals surface area contributed by atoms with Gasteiger partial charge >= 0.3 is 6.03 Å². The second kappa shape index (κ2) is 5.51. The maximum atomic E-state index is 13.7. The lowest BCUT2D eigenvalue weighted by atomic mass is 9.99. The minimum Gasteiger partial charge on any atom is -0.466 e. The Morgan fingerprint density at radius 3 is 2.70 bits per heavy atom. The number of nitrogens with zero attached hydrogens (tertiary/aromatic N) is 1. The monoisotopic (exact) mass is 318 g/mol. The van der Waals surface area contributed by atoms with Crippen molar-refractivity contribution < 1.29 is 23.5 Å². The van der Waals surface area contributed by atoms with Crippen LogP contribution in [0.3, 0.4) is 0 Å². The molecule has 0 saturated carbocycles. The highest BCUT2D eigenvalue weighted by atomic mass is 19.1. The van der Waals surface area contributed by atoms with Gasteiger partial charge in [0, 0.05) is 5.56 Å². The maximum absolute atomic E-state index is 13.7. The van der Waals surface area contributed by atoms with E-state index in [-0.39, 0.29) is 12.1 Å². The first-order valence-electron chi connectivity index (χ1n) is 7.04. The Hall–Kier alpha value is -2.67. The van der Waals surface area contributed by atoms with Crippen molar-refractivity contribution in [3.8, 4) is 0 Å². The van der Waals surface area contributed by atoms with Crippen LogP contribution < -0.4 is 5.32 Å². The van der Waals surface area contributed by atoms with Crippen LogP contribution in [0.25, 0.3) is 0 Å². The number of carbonyl (C=O) groups is 2. The summed E-state index contributed by atoms with van der Waals surface area (Å²) in [4.78, 5) is 25.5. The standard InChI is InChI=1S/C16H15FN2O4/c1-16(13-7-4-8-23-13)14(21)19(15(22)18-16)9-12(20)10-5-2-3-6-11(10)17/h2-8,12,20H,9H2,1H3,(H,18,22)/t12-,16-/m1/s1. The number of rotatable bonds is 4. The number of carbonyl (C=O) groups excluding carboxylic acids is 2. The average Bonchev–Trinajstić information content (AvgIpc) is 3.12. The summed E-state index contributed by atoms with van der Waals surface area (Å²) in [6.07, 6.45) is 0.0847. The molecule has 2 N–H and O–H groups in total. The lowest BCUT2D eigenvalue weighted by Gasteiger charge is -2.21. The Bertz CT molecular complexity index is 746.